The quantitative estimate of drug-likeness (QED) is 0.450. The fourth-order valence-corrected chi connectivity index (χ4v) is 2.26. The zero-order valence-corrected chi connectivity index (χ0v) is 12.7. The molecule has 21 heavy (non-hydrogen) atoms. The number of hydrogen-bond acceptors (Lipinski definition) is 5. The van der Waals surface area contributed by atoms with Crippen LogP contribution in [0.5, 0.6) is 0 Å². The van der Waals surface area contributed by atoms with E-state index < -0.39 is 10.7 Å². The van der Waals surface area contributed by atoms with E-state index in [1.54, 1.807) is 11.7 Å². The van der Waals surface area contributed by atoms with Crippen LogP contribution in [0.3, 0.4) is 0 Å². The molecule has 1 heterocycles. The lowest BCUT2D eigenvalue weighted by atomic mass is 10.2. The molecular weight excluding hydrogens is 347 g/mol. The molecule has 0 spiro atoms. The highest BCUT2D eigenvalue weighted by Gasteiger charge is 2.18. The lowest BCUT2D eigenvalue weighted by molar-refractivity contribution is -0.385. The number of nitro groups is 1. The molecule has 7 nitrogen and oxygen atoms in total. The number of benzene rings is 1. The first kappa shape index (κ1) is 15.5. The van der Waals surface area contributed by atoms with Crippen molar-refractivity contribution in [1.29, 1.82) is 0 Å². The van der Waals surface area contributed by atoms with Crippen LogP contribution in [0.1, 0.15) is 5.82 Å². The topological polar surface area (TPSA) is 83.1 Å². The van der Waals surface area contributed by atoms with Crippen LogP contribution in [-0.4, -0.2) is 33.4 Å². The largest absolute Gasteiger partial charge is 0.383 e. The summed E-state index contributed by atoms with van der Waals surface area (Å²) in [6.07, 6.45) is 0. The Kier molecular flexibility index (Phi) is 4.97. The molecule has 1 aromatic carbocycles. The van der Waals surface area contributed by atoms with Crippen LogP contribution in [-0.2, 0) is 16.6 Å². The Bertz CT molecular complexity index is 662. The minimum atomic E-state index is -0.712. The van der Waals surface area contributed by atoms with Gasteiger partial charge in [-0.2, -0.15) is 0 Å². The molecule has 0 aliphatic rings. The van der Waals surface area contributed by atoms with Crippen molar-refractivity contribution in [3.63, 3.8) is 0 Å². The first-order valence-corrected chi connectivity index (χ1v) is 7.12. The van der Waals surface area contributed by atoms with Crippen molar-refractivity contribution in [3.8, 4) is 11.4 Å². The summed E-state index contributed by atoms with van der Waals surface area (Å²) in [4.78, 5) is 10.00. The molecule has 9 heteroatoms. The summed E-state index contributed by atoms with van der Waals surface area (Å²) in [7, 11) is 1.56. The van der Waals surface area contributed by atoms with Crippen molar-refractivity contribution >= 4 is 21.6 Å². The van der Waals surface area contributed by atoms with Crippen molar-refractivity contribution < 1.29 is 14.1 Å². The van der Waals surface area contributed by atoms with Crippen LogP contribution in [0.2, 0.25) is 0 Å². The van der Waals surface area contributed by atoms with Gasteiger partial charge in [0.15, 0.2) is 5.82 Å². The van der Waals surface area contributed by atoms with Gasteiger partial charge in [0.2, 0.25) is 0 Å². The summed E-state index contributed by atoms with van der Waals surface area (Å²) in [6, 6.07) is 3.44. The maximum atomic E-state index is 14.1. The number of halogens is 2. The number of nitro benzene ring substituents is 1. The lowest BCUT2D eigenvalue weighted by Crippen LogP contribution is -2.09. The fourth-order valence-electron chi connectivity index (χ4n) is 1.85. The maximum absolute atomic E-state index is 14.1. The van der Waals surface area contributed by atoms with Crippen molar-refractivity contribution in [3.05, 3.63) is 40.0 Å². The van der Waals surface area contributed by atoms with E-state index in [0.29, 0.717) is 30.1 Å². The molecule has 0 saturated heterocycles. The van der Waals surface area contributed by atoms with E-state index in [2.05, 4.69) is 26.1 Å². The minimum absolute atomic E-state index is 0.163. The number of alkyl halides is 1. The smallest absolute Gasteiger partial charge is 0.272 e. The molecule has 1 aromatic heterocycles. The Labute approximate surface area is 128 Å². The monoisotopic (exact) mass is 358 g/mol. The number of aromatic nitrogens is 3. The van der Waals surface area contributed by atoms with Gasteiger partial charge >= 0.3 is 0 Å². The molecule has 0 aliphatic heterocycles. The minimum Gasteiger partial charge on any atom is -0.383 e. The molecule has 0 aliphatic carbocycles. The second-order valence-electron chi connectivity index (χ2n) is 4.14. The summed E-state index contributed by atoms with van der Waals surface area (Å²) in [5, 5.41) is 19.0. The van der Waals surface area contributed by atoms with Crippen molar-refractivity contribution in [2.24, 2.45) is 0 Å². The molecule has 2 aromatic rings. The molecule has 0 unspecified atom stereocenters. The molecule has 0 atom stereocenters. The predicted octanol–water partition coefficient (Wildman–Crippen LogP) is 2.53. The zero-order chi connectivity index (χ0) is 15.4. The molecule has 0 saturated carbocycles. The Morgan fingerprint density at radius 3 is 2.81 bits per heavy atom. The predicted molar refractivity (Wildman–Crippen MR) is 76.6 cm³/mol. The van der Waals surface area contributed by atoms with E-state index in [4.69, 9.17) is 4.74 Å². The Morgan fingerprint density at radius 1 is 1.48 bits per heavy atom. The summed E-state index contributed by atoms with van der Waals surface area (Å²) in [6.45, 7) is 0.871. The third-order valence-electron chi connectivity index (χ3n) is 2.87. The number of nitrogens with zero attached hydrogens (tertiary/aromatic N) is 4. The number of hydrogen-bond donors (Lipinski definition) is 0. The van der Waals surface area contributed by atoms with Gasteiger partial charge in [-0.25, -0.2) is 4.39 Å². The zero-order valence-electron chi connectivity index (χ0n) is 11.1. The third kappa shape index (κ3) is 3.24. The second kappa shape index (κ2) is 6.72. The molecular formula is C12H12BrFN4O3. The van der Waals surface area contributed by atoms with Gasteiger partial charge < -0.3 is 9.30 Å². The maximum Gasteiger partial charge on any atom is 0.272 e. The highest BCUT2D eigenvalue weighted by Crippen LogP contribution is 2.26. The van der Waals surface area contributed by atoms with Gasteiger partial charge in [0, 0.05) is 19.7 Å². The average molecular weight is 359 g/mol. The summed E-state index contributed by atoms with van der Waals surface area (Å²) in [5.74, 6) is 0.227. The fraction of sp³-hybridized carbons (Fsp3) is 0.333. The van der Waals surface area contributed by atoms with Crippen molar-refractivity contribution in [2.45, 2.75) is 11.9 Å². The van der Waals surface area contributed by atoms with Crippen LogP contribution in [0.25, 0.3) is 11.4 Å². The first-order valence-electron chi connectivity index (χ1n) is 5.99. The number of non-ortho nitro benzene ring substituents is 1. The second-order valence-corrected chi connectivity index (χ2v) is 4.70. The van der Waals surface area contributed by atoms with Crippen LogP contribution >= 0.6 is 15.9 Å². The Morgan fingerprint density at radius 2 is 2.24 bits per heavy atom. The Balaban J connectivity index is 2.46. The van der Waals surface area contributed by atoms with Gasteiger partial charge in [-0.3, -0.25) is 10.1 Å². The van der Waals surface area contributed by atoms with E-state index in [0.717, 1.165) is 6.07 Å². The summed E-state index contributed by atoms with van der Waals surface area (Å²) < 4.78 is 20.8. The highest BCUT2D eigenvalue weighted by molar-refractivity contribution is 9.08. The van der Waals surface area contributed by atoms with Crippen LogP contribution in [0.4, 0.5) is 10.1 Å². The standard InChI is InChI=1S/C12H12BrFN4O3/c1-21-5-4-17-11(7-13)15-16-12(17)9-3-2-8(18(19)20)6-10(9)14/h2-3,6H,4-5,7H2,1H3. The van der Waals surface area contributed by atoms with Gasteiger partial charge in [0.05, 0.1) is 28.5 Å². The lowest BCUT2D eigenvalue weighted by Gasteiger charge is -2.09. The summed E-state index contributed by atoms with van der Waals surface area (Å²) >= 11 is 3.29. The number of ether oxygens (including phenoxy) is 1. The van der Waals surface area contributed by atoms with Gasteiger partial charge in [0.1, 0.15) is 11.6 Å². The molecule has 0 bridgehead atoms. The molecule has 0 radical (unpaired) electrons. The van der Waals surface area contributed by atoms with Crippen molar-refractivity contribution in [1.82, 2.24) is 14.8 Å². The molecule has 2 rings (SSSR count). The van der Waals surface area contributed by atoms with E-state index in [1.165, 1.54) is 12.1 Å². The van der Waals surface area contributed by atoms with Crippen LogP contribution in [0, 0.1) is 15.9 Å². The van der Waals surface area contributed by atoms with Gasteiger partial charge in [-0.1, -0.05) is 15.9 Å². The van der Waals surface area contributed by atoms with Gasteiger partial charge in [-0.05, 0) is 6.07 Å². The van der Waals surface area contributed by atoms with E-state index in [9.17, 15) is 14.5 Å². The SMILES string of the molecule is COCCn1c(CBr)nnc1-c1ccc([N+](=O)[O-])cc1F. The summed E-state index contributed by atoms with van der Waals surface area (Å²) in [5.41, 5.74) is -0.142. The Hall–Kier alpha value is -1.87. The van der Waals surface area contributed by atoms with Gasteiger partial charge in [-0.15, -0.1) is 10.2 Å². The molecule has 0 N–H and O–H groups in total. The normalized spacial score (nSPS) is 10.8. The third-order valence-corrected chi connectivity index (χ3v) is 3.37. The molecule has 0 fully saturated rings. The van der Waals surface area contributed by atoms with Crippen LogP contribution < -0.4 is 0 Å². The van der Waals surface area contributed by atoms with Gasteiger partial charge in [0.25, 0.3) is 5.69 Å². The number of methoxy groups -OCH3 is 1. The van der Waals surface area contributed by atoms with E-state index >= 15 is 0 Å². The van der Waals surface area contributed by atoms with Crippen LogP contribution in [0.15, 0.2) is 18.2 Å². The van der Waals surface area contributed by atoms with E-state index in [-0.39, 0.29) is 11.3 Å². The molecule has 112 valence electrons. The van der Waals surface area contributed by atoms with Crippen molar-refractivity contribution in [2.75, 3.05) is 13.7 Å². The average Bonchev–Trinajstić information content (AvgIpc) is 2.87. The molecule has 0 amide bonds. The highest BCUT2D eigenvalue weighted by atomic mass is 79.9. The first-order chi connectivity index (χ1) is 10.1. The van der Waals surface area contributed by atoms with E-state index in [1.807, 2.05) is 0 Å². The number of rotatable bonds is 6.